The first-order valence-corrected chi connectivity index (χ1v) is 6.85. The summed E-state index contributed by atoms with van der Waals surface area (Å²) in [5, 5.41) is 4.12. The number of aryl methyl sites for hydroxylation is 1. The second kappa shape index (κ2) is 5.74. The molecule has 0 saturated heterocycles. The minimum absolute atomic E-state index is 0.774. The van der Waals surface area contributed by atoms with Gasteiger partial charge in [0.15, 0.2) is 0 Å². The Labute approximate surface area is 120 Å². The molecule has 0 fully saturated rings. The molecule has 0 heterocycles. The average Bonchev–Trinajstić information content (AvgIpc) is 2.30. The lowest BCUT2D eigenvalue weighted by molar-refractivity contribution is 1.15. The fraction of sp³-hybridized carbons (Fsp3) is 0.143. The van der Waals surface area contributed by atoms with E-state index in [4.69, 9.17) is 11.6 Å². The van der Waals surface area contributed by atoms with Gasteiger partial charge in [-0.1, -0.05) is 29.8 Å². The van der Waals surface area contributed by atoms with Gasteiger partial charge in [-0.3, -0.25) is 0 Å². The average molecular weight is 358 g/mol. The minimum atomic E-state index is 0.774. The summed E-state index contributed by atoms with van der Waals surface area (Å²) >= 11 is 8.46. The van der Waals surface area contributed by atoms with Gasteiger partial charge in [-0.2, -0.15) is 0 Å². The molecule has 2 aromatic rings. The fourth-order valence-corrected chi connectivity index (χ4v) is 2.22. The Morgan fingerprint density at radius 2 is 1.82 bits per heavy atom. The topological polar surface area (TPSA) is 12.0 Å². The van der Waals surface area contributed by atoms with Crippen LogP contribution in [0.1, 0.15) is 11.1 Å². The van der Waals surface area contributed by atoms with E-state index >= 15 is 0 Å². The molecule has 88 valence electrons. The van der Waals surface area contributed by atoms with Gasteiger partial charge < -0.3 is 5.32 Å². The third-order valence-electron chi connectivity index (χ3n) is 2.52. The van der Waals surface area contributed by atoms with Crippen LogP contribution in [0.3, 0.4) is 0 Å². The van der Waals surface area contributed by atoms with Crippen molar-refractivity contribution in [2.24, 2.45) is 0 Å². The number of benzene rings is 2. The molecule has 2 rings (SSSR count). The summed E-state index contributed by atoms with van der Waals surface area (Å²) < 4.78 is 1.25. The molecule has 0 aliphatic carbocycles. The van der Waals surface area contributed by atoms with E-state index in [2.05, 4.69) is 58.2 Å². The molecule has 1 nitrogen and oxygen atoms in total. The van der Waals surface area contributed by atoms with E-state index in [1.165, 1.54) is 14.7 Å². The molecular weight excluding hydrogens is 345 g/mol. The van der Waals surface area contributed by atoms with Gasteiger partial charge in [0.2, 0.25) is 0 Å². The van der Waals surface area contributed by atoms with Crippen molar-refractivity contribution in [3.63, 3.8) is 0 Å². The maximum absolute atomic E-state index is 6.16. The minimum Gasteiger partial charge on any atom is -0.380 e. The highest BCUT2D eigenvalue weighted by molar-refractivity contribution is 14.1. The van der Waals surface area contributed by atoms with Gasteiger partial charge in [-0.15, -0.1) is 0 Å². The van der Waals surface area contributed by atoms with Crippen LogP contribution in [-0.2, 0) is 6.54 Å². The molecule has 0 atom stereocenters. The van der Waals surface area contributed by atoms with E-state index in [0.717, 1.165) is 17.3 Å². The zero-order valence-electron chi connectivity index (χ0n) is 9.50. The summed E-state index contributed by atoms with van der Waals surface area (Å²) in [5.74, 6) is 0. The van der Waals surface area contributed by atoms with Gasteiger partial charge in [0.25, 0.3) is 0 Å². The normalized spacial score (nSPS) is 10.3. The first kappa shape index (κ1) is 12.7. The van der Waals surface area contributed by atoms with E-state index < -0.39 is 0 Å². The van der Waals surface area contributed by atoms with Crippen LogP contribution in [0.4, 0.5) is 5.69 Å². The number of halogens is 2. The summed E-state index contributed by atoms with van der Waals surface area (Å²) in [6.07, 6.45) is 0. The summed E-state index contributed by atoms with van der Waals surface area (Å²) in [4.78, 5) is 0. The van der Waals surface area contributed by atoms with Gasteiger partial charge in [-0.05, 0) is 64.9 Å². The Hall–Kier alpha value is -0.740. The Bertz CT molecular complexity index is 508. The highest BCUT2D eigenvalue weighted by Gasteiger charge is 2.00. The maximum Gasteiger partial charge on any atom is 0.0640 e. The summed E-state index contributed by atoms with van der Waals surface area (Å²) in [7, 11) is 0. The molecule has 0 unspecified atom stereocenters. The number of anilines is 1. The largest absolute Gasteiger partial charge is 0.380 e. The SMILES string of the molecule is Cc1ccc(NCc2ccc(I)cc2)c(Cl)c1. The predicted molar refractivity (Wildman–Crippen MR) is 82.7 cm³/mol. The van der Waals surface area contributed by atoms with Gasteiger partial charge >= 0.3 is 0 Å². The molecular formula is C14H13ClIN. The standard InChI is InChI=1S/C14H13ClIN/c1-10-2-7-14(13(15)8-10)17-9-11-3-5-12(16)6-4-11/h2-8,17H,9H2,1H3. The third kappa shape index (κ3) is 3.61. The number of nitrogens with one attached hydrogen (secondary N) is 1. The Kier molecular flexibility index (Phi) is 4.29. The van der Waals surface area contributed by atoms with Crippen LogP contribution < -0.4 is 5.32 Å². The van der Waals surface area contributed by atoms with Crippen LogP contribution in [0.15, 0.2) is 42.5 Å². The first-order valence-electron chi connectivity index (χ1n) is 5.39. The Morgan fingerprint density at radius 1 is 1.12 bits per heavy atom. The van der Waals surface area contributed by atoms with Crippen molar-refractivity contribution >= 4 is 39.9 Å². The molecule has 1 N–H and O–H groups in total. The highest BCUT2D eigenvalue weighted by Crippen LogP contribution is 2.23. The molecule has 2 aromatic carbocycles. The lowest BCUT2D eigenvalue weighted by Gasteiger charge is -2.09. The molecule has 0 saturated carbocycles. The van der Waals surface area contributed by atoms with E-state index in [1.54, 1.807) is 0 Å². The van der Waals surface area contributed by atoms with Crippen molar-refractivity contribution in [1.29, 1.82) is 0 Å². The van der Waals surface area contributed by atoms with Crippen molar-refractivity contribution in [1.82, 2.24) is 0 Å². The zero-order chi connectivity index (χ0) is 12.3. The molecule has 0 aliphatic rings. The van der Waals surface area contributed by atoms with E-state index in [-0.39, 0.29) is 0 Å². The third-order valence-corrected chi connectivity index (χ3v) is 3.55. The van der Waals surface area contributed by atoms with Crippen LogP contribution in [0, 0.1) is 10.5 Å². The lowest BCUT2D eigenvalue weighted by atomic mass is 10.2. The number of rotatable bonds is 3. The lowest BCUT2D eigenvalue weighted by Crippen LogP contribution is -1.99. The first-order chi connectivity index (χ1) is 8.15. The zero-order valence-corrected chi connectivity index (χ0v) is 12.4. The van der Waals surface area contributed by atoms with Crippen LogP contribution in [0.25, 0.3) is 0 Å². The van der Waals surface area contributed by atoms with Gasteiger partial charge in [-0.25, -0.2) is 0 Å². The smallest absolute Gasteiger partial charge is 0.0640 e. The van der Waals surface area contributed by atoms with E-state index in [1.807, 2.05) is 19.1 Å². The van der Waals surface area contributed by atoms with Gasteiger partial charge in [0, 0.05) is 10.1 Å². The van der Waals surface area contributed by atoms with Gasteiger partial charge in [0.05, 0.1) is 10.7 Å². The molecule has 0 spiro atoms. The molecule has 0 aliphatic heterocycles. The molecule has 0 radical (unpaired) electrons. The summed E-state index contributed by atoms with van der Waals surface area (Å²) in [5.41, 5.74) is 3.41. The quantitative estimate of drug-likeness (QED) is 0.773. The van der Waals surface area contributed by atoms with Crippen LogP contribution in [0.5, 0.6) is 0 Å². The predicted octanol–water partition coefficient (Wildman–Crippen LogP) is 4.87. The number of hydrogen-bond donors (Lipinski definition) is 1. The van der Waals surface area contributed by atoms with Crippen LogP contribution in [-0.4, -0.2) is 0 Å². The maximum atomic E-state index is 6.16. The Balaban J connectivity index is 2.04. The molecule has 0 aromatic heterocycles. The van der Waals surface area contributed by atoms with Gasteiger partial charge in [0.1, 0.15) is 0 Å². The van der Waals surface area contributed by atoms with Crippen molar-refractivity contribution < 1.29 is 0 Å². The molecule has 0 amide bonds. The van der Waals surface area contributed by atoms with E-state index in [0.29, 0.717) is 0 Å². The van der Waals surface area contributed by atoms with Crippen molar-refractivity contribution in [3.8, 4) is 0 Å². The van der Waals surface area contributed by atoms with Crippen molar-refractivity contribution in [2.75, 3.05) is 5.32 Å². The van der Waals surface area contributed by atoms with Crippen molar-refractivity contribution in [3.05, 3.63) is 62.2 Å². The Morgan fingerprint density at radius 3 is 2.47 bits per heavy atom. The van der Waals surface area contributed by atoms with E-state index in [9.17, 15) is 0 Å². The molecule has 3 heteroatoms. The van der Waals surface area contributed by atoms with Crippen LogP contribution >= 0.6 is 34.2 Å². The molecule has 17 heavy (non-hydrogen) atoms. The second-order valence-corrected chi connectivity index (χ2v) is 5.62. The van der Waals surface area contributed by atoms with Crippen molar-refractivity contribution in [2.45, 2.75) is 13.5 Å². The second-order valence-electron chi connectivity index (χ2n) is 3.96. The summed E-state index contributed by atoms with van der Waals surface area (Å²) in [6, 6.07) is 14.5. The van der Waals surface area contributed by atoms with Crippen LogP contribution in [0.2, 0.25) is 5.02 Å². The molecule has 0 bridgehead atoms. The highest BCUT2D eigenvalue weighted by atomic mass is 127. The fourth-order valence-electron chi connectivity index (χ4n) is 1.56. The summed E-state index contributed by atoms with van der Waals surface area (Å²) in [6.45, 7) is 2.83. The monoisotopic (exact) mass is 357 g/mol. The number of hydrogen-bond acceptors (Lipinski definition) is 1.